The van der Waals surface area contributed by atoms with Crippen LogP contribution in [-0.4, -0.2) is 28.2 Å². The van der Waals surface area contributed by atoms with Gasteiger partial charge >= 0.3 is 0 Å². The van der Waals surface area contributed by atoms with Gasteiger partial charge in [0, 0.05) is 24.4 Å². The van der Waals surface area contributed by atoms with E-state index in [1.165, 1.54) is 5.57 Å². The van der Waals surface area contributed by atoms with Crippen LogP contribution in [0.5, 0.6) is 0 Å². The zero-order valence-corrected chi connectivity index (χ0v) is 15.3. The number of fused-ring (bicyclic) bond motifs is 3. The highest BCUT2D eigenvalue weighted by molar-refractivity contribution is 5.87. The molecule has 7 atom stereocenters. The third-order valence-corrected chi connectivity index (χ3v) is 7.49. The Morgan fingerprint density at radius 1 is 1.38 bits per heavy atom. The van der Waals surface area contributed by atoms with Crippen LogP contribution in [0.4, 0.5) is 0 Å². The largest absolute Gasteiger partial charge is 0.396 e. The number of aliphatic hydroxyl groups excluding tert-OH is 1. The molecule has 3 fully saturated rings. The van der Waals surface area contributed by atoms with Crippen LogP contribution in [0.3, 0.4) is 0 Å². The number of Topliss-reactive ketones (excluding diaryl/α,β-unsaturated/α-hetero) is 1. The van der Waals surface area contributed by atoms with E-state index in [1.54, 1.807) is 13.0 Å². The van der Waals surface area contributed by atoms with Gasteiger partial charge in [-0.25, -0.2) is 0 Å². The summed E-state index contributed by atoms with van der Waals surface area (Å²) in [5.74, 6) is 2.44. The molecule has 134 valence electrons. The van der Waals surface area contributed by atoms with E-state index in [9.17, 15) is 15.0 Å². The first kappa shape index (κ1) is 17.9. The molecule has 0 amide bonds. The van der Waals surface area contributed by atoms with Gasteiger partial charge in [0.1, 0.15) is 5.78 Å². The molecule has 0 spiro atoms. The normalized spacial score (nSPS) is 46.3. The Balaban J connectivity index is 1.93. The molecule has 3 aliphatic carbocycles. The molecular formula is C21H32O3. The summed E-state index contributed by atoms with van der Waals surface area (Å²) in [7, 11) is 0. The van der Waals surface area contributed by atoms with Crippen molar-refractivity contribution in [2.75, 3.05) is 6.61 Å². The summed E-state index contributed by atoms with van der Waals surface area (Å²) in [6, 6.07) is 0. The zero-order chi connectivity index (χ0) is 17.7. The minimum absolute atomic E-state index is 0.0886. The Labute approximate surface area is 145 Å². The summed E-state index contributed by atoms with van der Waals surface area (Å²) in [6.07, 6.45) is 8.24. The fourth-order valence-corrected chi connectivity index (χ4v) is 5.96. The third-order valence-electron chi connectivity index (χ3n) is 7.49. The highest BCUT2D eigenvalue weighted by Crippen LogP contribution is 2.60. The SMILES string of the molecule is C=C[C@@](C)(O)/C=C1/C(CO)CC2C(CC[C@]3(C)C(=O)CCC23)[C@@H]1C. The van der Waals surface area contributed by atoms with E-state index in [4.69, 9.17) is 0 Å². The Bertz CT molecular complexity index is 561. The minimum atomic E-state index is -1.03. The van der Waals surface area contributed by atoms with Crippen LogP contribution in [-0.2, 0) is 4.79 Å². The van der Waals surface area contributed by atoms with Crippen molar-refractivity contribution in [3.05, 3.63) is 24.3 Å². The number of rotatable bonds is 3. The van der Waals surface area contributed by atoms with Gasteiger partial charge in [0.05, 0.1) is 5.60 Å². The van der Waals surface area contributed by atoms with Crippen LogP contribution in [0, 0.1) is 35.0 Å². The predicted molar refractivity (Wildman–Crippen MR) is 95.3 cm³/mol. The molecule has 0 radical (unpaired) electrons. The lowest BCUT2D eigenvalue weighted by Gasteiger charge is -2.52. The third kappa shape index (κ3) is 2.70. The van der Waals surface area contributed by atoms with Crippen LogP contribution in [0.2, 0.25) is 0 Å². The summed E-state index contributed by atoms with van der Waals surface area (Å²) in [4.78, 5) is 12.4. The zero-order valence-electron chi connectivity index (χ0n) is 15.3. The standard InChI is InChI=1S/C21H32O3/c1-5-20(3,24)11-17-13(2)15-8-9-21(4)18(6-7-19(21)23)16(15)10-14(17)12-22/h5,11,13-16,18,22,24H,1,6-10,12H2,2-4H3/b17-11+/t13-,14?,15?,16?,18?,20+,21-/m0/s1. The molecule has 3 rings (SSSR count). The lowest BCUT2D eigenvalue weighted by molar-refractivity contribution is -0.131. The van der Waals surface area contributed by atoms with Gasteiger partial charge in [0.25, 0.3) is 0 Å². The fourth-order valence-electron chi connectivity index (χ4n) is 5.96. The molecule has 24 heavy (non-hydrogen) atoms. The Morgan fingerprint density at radius 3 is 2.71 bits per heavy atom. The summed E-state index contributed by atoms with van der Waals surface area (Å²) in [5, 5.41) is 20.4. The highest BCUT2D eigenvalue weighted by atomic mass is 16.3. The molecule has 3 heteroatoms. The van der Waals surface area contributed by atoms with E-state index in [0.29, 0.717) is 29.5 Å². The molecule has 0 aliphatic heterocycles. The second-order valence-corrected chi connectivity index (χ2v) is 8.83. The van der Waals surface area contributed by atoms with Crippen molar-refractivity contribution in [2.24, 2.45) is 35.0 Å². The summed E-state index contributed by atoms with van der Waals surface area (Å²) in [6.45, 7) is 10.00. The number of aliphatic hydroxyl groups is 2. The van der Waals surface area contributed by atoms with Crippen molar-refractivity contribution >= 4 is 5.78 Å². The molecule has 0 aromatic rings. The van der Waals surface area contributed by atoms with Crippen molar-refractivity contribution in [3.8, 4) is 0 Å². The number of hydrogen-bond donors (Lipinski definition) is 2. The smallest absolute Gasteiger partial charge is 0.139 e. The first-order valence-electron chi connectivity index (χ1n) is 9.46. The van der Waals surface area contributed by atoms with E-state index in [0.717, 1.165) is 32.1 Å². The Kier molecular flexibility index (Phi) is 4.55. The quantitative estimate of drug-likeness (QED) is 0.778. The van der Waals surface area contributed by atoms with Crippen LogP contribution < -0.4 is 0 Å². The van der Waals surface area contributed by atoms with Crippen molar-refractivity contribution in [1.82, 2.24) is 0 Å². The van der Waals surface area contributed by atoms with Crippen molar-refractivity contribution < 1.29 is 15.0 Å². The van der Waals surface area contributed by atoms with E-state index < -0.39 is 5.60 Å². The van der Waals surface area contributed by atoms with Gasteiger partial charge in [-0.2, -0.15) is 0 Å². The monoisotopic (exact) mass is 332 g/mol. The molecule has 3 saturated carbocycles. The second kappa shape index (κ2) is 6.10. The van der Waals surface area contributed by atoms with E-state index in [2.05, 4.69) is 20.4 Å². The molecule has 0 heterocycles. The predicted octanol–water partition coefficient (Wildman–Crippen LogP) is 3.51. The van der Waals surface area contributed by atoms with E-state index >= 15 is 0 Å². The minimum Gasteiger partial charge on any atom is -0.396 e. The van der Waals surface area contributed by atoms with Crippen LogP contribution in [0.1, 0.15) is 52.9 Å². The average molecular weight is 332 g/mol. The van der Waals surface area contributed by atoms with Gasteiger partial charge in [-0.3, -0.25) is 4.79 Å². The van der Waals surface area contributed by atoms with E-state index in [1.807, 2.05) is 6.08 Å². The van der Waals surface area contributed by atoms with Gasteiger partial charge in [-0.05, 0) is 62.4 Å². The maximum atomic E-state index is 12.4. The summed E-state index contributed by atoms with van der Waals surface area (Å²) in [5.41, 5.74) is 0.0158. The lowest BCUT2D eigenvalue weighted by atomic mass is 9.52. The molecule has 0 saturated heterocycles. The van der Waals surface area contributed by atoms with Crippen molar-refractivity contribution in [3.63, 3.8) is 0 Å². The van der Waals surface area contributed by atoms with Gasteiger partial charge < -0.3 is 10.2 Å². The molecule has 0 bridgehead atoms. The maximum Gasteiger partial charge on any atom is 0.139 e. The number of carbonyl (C=O) groups excluding carboxylic acids is 1. The van der Waals surface area contributed by atoms with Crippen molar-refractivity contribution in [2.45, 2.75) is 58.5 Å². The maximum absolute atomic E-state index is 12.4. The first-order chi connectivity index (χ1) is 11.2. The molecule has 3 nitrogen and oxygen atoms in total. The Hall–Kier alpha value is -0.930. The summed E-state index contributed by atoms with van der Waals surface area (Å²) < 4.78 is 0. The van der Waals surface area contributed by atoms with Gasteiger partial charge in [-0.1, -0.05) is 32.1 Å². The molecule has 4 unspecified atom stereocenters. The fraction of sp³-hybridized carbons (Fsp3) is 0.762. The molecule has 3 aliphatic rings. The molecule has 2 N–H and O–H groups in total. The lowest BCUT2D eigenvalue weighted by Crippen LogP contribution is -2.48. The molecule has 0 aromatic carbocycles. The summed E-state index contributed by atoms with van der Waals surface area (Å²) >= 11 is 0. The first-order valence-corrected chi connectivity index (χ1v) is 9.46. The van der Waals surface area contributed by atoms with Gasteiger partial charge in [0.2, 0.25) is 0 Å². The van der Waals surface area contributed by atoms with Crippen molar-refractivity contribution in [1.29, 1.82) is 0 Å². The van der Waals surface area contributed by atoms with Crippen LogP contribution in [0.25, 0.3) is 0 Å². The highest BCUT2D eigenvalue weighted by Gasteiger charge is 2.56. The number of ketones is 1. The number of carbonyl (C=O) groups is 1. The van der Waals surface area contributed by atoms with Gasteiger partial charge in [0.15, 0.2) is 0 Å². The Morgan fingerprint density at radius 2 is 2.08 bits per heavy atom. The van der Waals surface area contributed by atoms with E-state index in [-0.39, 0.29) is 17.9 Å². The van der Waals surface area contributed by atoms with Gasteiger partial charge in [-0.15, -0.1) is 0 Å². The number of hydrogen-bond acceptors (Lipinski definition) is 3. The molecular weight excluding hydrogens is 300 g/mol. The second-order valence-electron chi connectivity index (χ2n) is 8.83. The van der Waals surface area contributed by atoms with Crippen LogP contribution in [0.15, 0.2) is 24.3 Å². The van der Waals surface area contributed by atoms with Crippen LogP contribution >= 0.6 is 0 Å². The molecule has 0 aromatic heterocycles. The average Bonchev–Trinajstić information content (AvgIpc) is 2.85. The topological polar surface area (TPSA) is 57.5 Å².